The molecule has 0 aliphatic carbocycles. The molecule has 2 rings (SSSR count). The van der Waals surface area contributed by atoms with E-state index in [1.807, 2.05) is 6.92 Å². The average Bonchev–Trinajstić information content (AvgIpc) is 2.70. The Morgan fingerprint density at radius 2 is 1.59 bits per heavy atom. The lowest BCUT2D eigenvalue weighted by molar-refractivity contribution is 0.601. The molecule has 0 aromatic rings. The van der Waals surface area contributed by atoms with Crippen LogP contribution in [-0.4, -0.2) is 45.2 Å². The maximum atomic E-state index is 10.7. The Labute approximate surface area is 111 Å². The van der Waals surface area contributed by atoms with Crippen LogP contribution in [0.25, 0.3) is 0 Å². The Morgan fingerprint density at radius 3 is 1.76 bits per heavy atom. The summed E-state index contributed by atoms with van der Waals surface area (Å²) in [5.41, 5.74) is 1.96. The predicted molar refractivity (Wildman–Crippen MR) is 72.9 cm³/mol. The largest absolute Gasteiger partial charge is 0.228 e. The molecule has 7 heteroatoms. The van der Waals surface area contributed by atoms with Crippen LogP contribution in [0.3, 0.4) is 0 Å². The van der Waals surface area contributed by atoms with E-state index >= 15 is 0 Å². The van der Waals surface area contributed by atoms with Crippen molar-refractivity contribution in [1.82, 2.24) is 0 Å². The van der Waals surface area contributed by atoms with Crippen LogP contribution in [0.15, 0.2) is 23.3 Å². The Balaban J connectivity index is 0.000000171. The smallest absolute Gasteiger partial charge is 0.157 e. The zero-order chi connectivity index (χ0) is 13.1. The van der Waals surface area contributed by atoms with E-state index in [1.165, 1.54) is 0 Å². The van der Waals surface area contributed by atoms with Crippen LogP contribution in [0.4, 0.5) is 0 Å². The Kier molecular flexibility index (Phi) is 4.97. The predicted octanol–water partition coefficient (Wildman–Crippen LogP) is 1.10. The first-order chi connectivity index (χ1) is 7.74. The first-order valence-corrected chi connectivity index (χ1v) is 9.81. The molecule has 2 aliphatic heterocycles. The average molecular weight is 343 g/mol. The highest BCUT2D eigenvalue weighted by molar-refractivity contribution is 9.09. The summed E-state index contributed by atoms with van der Waals surface area (Å²) in [6.07, 6.45) is 3.53. The summed E-state index contributed by atoms with van der Waals surface area (Å²) >= 11 is 3.20. The molecule has 0 spiro atoms. The van der Waals surface area contributed by atoms with E-state index in [2.05, 4.69) is 15.9 Å². The second-order valence-corrected chi connectivity index (χ2v) is 8.93. The van der Waals surface area contributed by atoms with E-state index in [-0.39, 0.29) is 23.0 Å². The summed E-state index contributed by atoms with van der Waals surface area (Å²) in [7, 11) is -5.42. The molecule has 0 amide bonds. The van der Waals surface area contributed by atoms with Gasteiger partial charge in [-0.3, -0.25) is 0 Å². The van der Waals surface area contributed by atoms with Gasteiger partial charge in [-0.2, -0.15) is 0 Å². The standard InChI is InChI=1S/C5H7BrO2S.C5H8O2S/c6-3-5-1-2-9(7,8)4-5;1-5-2-3-8(6,7)4-5/h1H,2-4H2;2H,3-4H2,1H3. The highest BCUT2D eigenvalue weighted by Crippen LogP contribution is 2.12. The third-order valence-corrected chi connectivity index (χ3v) is 6.11. The van der Waals surface area contributed by atoms with Crippen molar-refractivity contribution in [2.45, 2.75) is 6.92 Å². The van der Waals surface area contributed by atoms with Gasteiger partial charge in [0, 0.05) is 5.33 Å². The molecule has 0 fully saturated rings. The van der Waals surface area contributed by atoms with Gasteiger partial charge >= 0.3 is 0 Å². The summed E-state index contributed by atoms with van der Waals surface area (Å²) < 4.78 is 42.6. The van der Waals surface area contributed by atoms with Crippen molar-refractivity contribution in [3.8, 4) is 0 Å². The van der Waals surface area contributed by atoms with E-state index in [0.29, 0.717) is 5.33 Å². The number of halogens is 1. The molecule has 0 saturated carbocycles. The van der Waals surface area contributed by atoms with Crippen LogP contribution >= 0.6 is 15.9 Å². The van der Waals surface area contributed by atoms with Crippen molar-refractivity contribution in [3.05, 3.63) is 23.3 Å². The zero-order valence-corrected chi connectivity index (χ0v) is 12.7. The van der Waals surface area contributed by atoms with Gasteiger partial charge in [-0.25, -0.2) is 16.8 Å². The van der Waals surface area contributed by atoms with Gasteiger partial charge in [-0.1, -0.05) is 33.7 Å². The van der Waals surface area contributed by atoms with Gasteiger partial charge in [0.25, 0.3) is 0 Å². The molecule has 0 bridgehead atoms. The van der Waals surface area contributed by atoms with Gasteiger partial charge in [-0.15, -0.1) is 0 Å². The van der Waals surface area contributed by atoms with Crippen molar-refractivity contribution in [2.75, 3.05) is 28.3 Å². The van der Waals surface area contributed by atoms with Gasteiger partial charge < -0.3 is 0 Å². The van der Waals surface area contributed by atoms with Gasteiger partial charge in [0.2, 0.25) is 0 Å². The molecule has 0 aromatic carbocycles. The van der Waals surface area contributed by atoms with Gasteiger partial charge in [-0.05, 0) is 12.5 Å². The topological polar surface area (TPSA) is 68.3 Å². The lowest BCUT2D eigenvalue weighted by Gasteiger charge is -1.89. The maximum absolute atomic E-state index is 10.7. The molecule has 98 valence electrons. The van der Waals surface area contributed by atoms with Crippen LogP contribution in [-0.2, 0) is 19.7 Å². The van der Waals surface area contributed by atoms with E-state index in [4.69, 9.17) is 0 Å². The molecule has 0 atom stereocenters. The van der Waals surface area contributed by atoms with Crippen molar-refractivity contribution < 1.29 is 16.8 Å². The van der Waals surface area contributed by atoms with Gasteiger partial charge in [0.05, 0.1) is 23.0 Å². The first-order valence-electron chi connectivity index (χ1n) is 5.04. The molecule has 4 nitrogen and oxygen atoms in total. The summed E-state index contributed by atoms with van der Waals surface area (Å²) in [5, 5.41) is 0.687. The number of sulfone groups is 2. The normalized spacial score (nSPS) is 24.6. The van der Waals surface area contributed by atoms with Crippen molar-refractivity contribution in [1.29, 1.82) is 0 Å². The first kappa shape index (κ1) is 14.9. The highest BCUT2D eigenvalue weighted by Gasteiger charge is 2.18. The van der Waals surface area contributed by atoms with Gasteiger partial charge in [0.15, 0.2) is 19.7 Å². The lowest BCUT2D eigenvalue weighted by atomic mass is 10.3. The van der Waals surface area contributed by atoms with E-state index in [1.54, 1.807) is 12.2 Å². The molecular formula is C10H15BrO4S2. The van der Waals surface area contributed by atoms with E-state index in [9.17, 15) is 16.8 Å². The lowest BCUT2D eigenvalue weighted by Crippen LogP contribution is -2.02. The molecule has 17 heavy (non-hydrogen) atoms. The summed E-state index contributed by atoms with van der Waals surface area (Å²) in [6, 6.07) is 0. The zero-order valence-electron chi connectivity index (χ0n) is 9.52. The quantitative estimate of drug-likeness (QED) is 0.528. The fourth-order valence-electron chi connectivity index (χ4n) is 1.47. The minimum absolute atomic E-state index is 0.230. The summed E-state index contributed by atoms with van der Waals surface area (Å²) in [5.74, 6) is 0.998. The maximum Gasteiger partial charge on any atom is 0.157 e. The second kappa shape index (κ2) is 5.67. The van der Waals surface area contributed by atoms with E-state index in [0.717, 1.165) is 11.1 Å². The molecule has 0 unspecified atom stereocenters. The number of alkyl halides is 1. The third kappa shape index (κ3) is 5.35. The van der Waals surface area contributed by atoms with Crippen LogP contribution < -0.4 is 0 Å². The van der Waals surface area contributed by atoms with Crippen LogP contribution in [0.2, 0.25) is 0 Å². The SMILES string of the molecule is CC1=CCS(=O)(=O)C1.O=S1(=O)CC=C(CBr)C1. The number of rotatable bonds is 1. The monoisotopic (exact) mass is 342 g/mol. The van der Waals surface area contributed by atoms with Crippen LogP contribution in [0, 0.1) is 0 Å². The van der Waals surface area contributed by atoms with Crippen LogP contribution in [0.1, 0.15) is 6.92 Å². The number of hydrogen-bond acceptors (Lipinski definition) is 4. The molecule has 2 heterocycles. The fourth-order valence-corrected chi connectivity index (χ4v) is 5.02. The van der Waals surface area contributed by atoms with Crippen molar-refractivity contribution in [3.63, 3.8) is 0 Å². The van der Waals surface area contributed by atoms with Crippen molar-refractivity contribution >= 4 is 35.6 Å². The molecule has 0 radical (unpaired) electrons. The molecule has 0 saturated heterocycles. The Hall–Kier alpha value is -0.140. The van der Waals surface area contributed by atoms with E-state index < -0.39 is 19.7 Å². The van der Waals surface area contributed by atoms with Crippen molar-refractivity contribution in [2.24, 2.45) is 0 Å². The highest BCUT2D eigenvalue weighted by atomic mass is 79.9. The Morgan fingerprint density at radius 1 is 1.06 bits per heavy atom. The Bertz CT molecular complexity index is 541. The summed E-state index contributed by atoms with van der Waals surface area (Å²) in [4.78, 5) is 0. The summed E-state index contributed by atoms with van der Waals surface area (Å²) in [6.45, 7) is 1.84. The number of hydrogen-bond donors (Lipinski definition) is 0. The van der Waals surface area contributed by atoms with Gasteiger partial charge in [0.1, 0.15) is 0 Å². The second-order valence-electron chi connectivity index (χ2n) is 4.16. The molecule has 0 N–H and O–H groups in total. The minimum Gasteiger partial charge on any atom is -0.228 e. The molecular weight excluding hydrogens is 328 g/mol. The molecule has 2 aliphatic rings. The third-order valence-electron chi connectivity index (χ3n) is 2.34. The van der Waals surface area contributed by atoms with Crippen LogP contribution in [0.5, 0.6) is 0 Å². The molecule has 0 aromatic heterocycles. The minimum atomic E-state index is -2.73. The fraction of sp³-hybridized carbons (Fsp3) is 0.600.